The fourth-order valence-electron chi connectivity index (χ4n) is 6.24. The zero-order chi connectivity index (χ0) is 35.4. The van der Waals surface area contributed by atoms with E-state index < -0.39 is 36.1 Å². The van der Waals surface area contributed by atoms with Crippen LogP contribution in [0.25, 0.3) is 11.1 Å². The third-order valence-corrected chi connectivity index (χ3v) is 13.9. The molecule has 1 atom stereocenters. The lowest BCUT2D eigenvalue weighted by atomic mass is 9.87. The van der Waals surface area contributed by atoms with Crippen LogP contribution in [0, 0.1) is 12.3 Å². The highest BCUT2D eigenvalue weighted by molar-refractivity contribution is 7.91. The summed E-state index contributed by atoms with van der Waals surface area (Å²) in [4.78, 5) is 11.6. The summed E-state index contributed by atoms with van der Waals surface area (Å²) in [5, 5.41) is 11.8. The van der Waals surface area contributed by atoms with Crippen LogP contribution in [0.1, 0.15) is 70.9 Å². The second-order valence-electron chi connectivity index (χ2n) is 14.6. The molecule has 1 unspecified atom stereocenters. The van der Waals surface area contributed by atoms with Crippen LogP contribution >= 0.6 is 0 Å². The summed E-state index contributed by atoms with van der Waals surface area (Å²) < 4.78 is 39.1. The standard InChI is InChI=1S/C40H48NO6SSi/c1-29-26-31(30-22-24-41(25-23-30)48(44,45)40(5,6)38(42)43)20-21-36(29)32-14-13-15-33(27-32)46-37(28-39(2,3)4)47-49(34-16-9-7-10-17-34)35-18-11-8-12-19-35/h7-21,26-27,30,37H,22-25,28H2,1-6H3,(H,42,43). The molecular formula is C40H48NO6SSi. The normalized spacial score (nSPS) is 15.7. The molecule has 1 N–H and O–H groups in total. The summed E-state index contributed by atoms with van der Waals surface area (Å²) >= 11 is 0. The molecule has 1 aliphatic rings. The lowest BCUT2D eigenvalue weighted by molar-refractivity contribution is -0.139. The minimum absolute atomic E-state index is 0.0259. The molecule has 1 radical (unpaired) electrons. The minimum Gasteiger partial charge on any atom is -0.480 e. The van der Waals surface area contributed by atoms with Crippen LogP contribution in [0.4, 0.5) is 0 Å². The van der Waals surface area contributed by atoms with Gasteiger partial charge >= 0.3 is 5.97 Å². The highest BCUT2D eigenvalue weighted by atomic mass is 32.2. The second-order valence-corrected chi connectivity index (χ2v) is 19.1. The Balaban J connectivity index is 1.33. The highest BCUT2D eigenvalue weighted by Gasteiger charge is 2.46. The summed E-state index contributed by atoms with van der Waals surface area (Å²) in [7, 11) is -5.54. The van der Waals surface area contributed by atoms with Crippen molar-refractivity contribution >= 4 is 35.4 Å². The largest absolute Gasteiger partial charge is 0.480 e. The smallest absolute Gasteiger partial charge is 0.325 e. The number of benzene rings is 4. The molecular weight excluding hydrogens is 651 g/mol. The van der Waals surface area contributed by atoms with E-state index in [0.717, 1.165) is 22.4 Å². The summed E-state index contributed by atoms with van der Waals surface area (Å²) in [5.74, 6) is -0.393. The topological polar surface area (TPSA) is 93.1 Å². The van der Waals surface area contributed by atoms with Crippen molar-refractivity contribution in [3.63, 3.8) is 0 Å². The lowest BCUT2D eigenvalue weighted by Crippen LogP contribution is -2.51. The Labute approximate surface area is 293 Å². The SMILES string of the molecule is Cc1cc(C2CCN(S(=O)(=O)C(C)(C)C(=O)O)CC2)ccc1-c1cccc(OC(CC(C)(C)C)O[Si](c2ccccc2)c2ccccc2)c1. The number of rotatable bonds is 12. The third kappa shape index (κ3) is 8.70. The van der Waals surface area contributed by atoms with Crippen LogP contribution in [-0.2, 0) is 19.2 Å². The van der Waals surface area contributed by atoms with Crippen LogP contribution in [0.2, 0.25) is 0 Å². The third-order valence-electron chi connectivity index (χ3n) is 9.19. The maximum Gasteiger partial charge on any atom is 0.325 e. The van der Waals surface area contributed by atoms with Crippen molar-refractivity contribution in [3.8, 4) is 16.9 Å². The predicted octanol–water partition coefficient (Wildman–Crippen LogP) is 7.00. The highest BCUT2D eigenvalue weighted by Crippen LogP contribution is 2.35. The monoisotopic (exact) mass is 698 g/mol. The molecule has 4 aromatic rings. The van der Waals surface area contributed by atoms with Crippen molar-refractivity contribution in [1.29, 1.82) is 0 Å². The van der Waals surface area contributed by atoms with E-state index in [9.17, 15) is 18.3 Å². The van der Waals surface area contributed by atoms with E-state index in [-0.39, 0.29) is 11.3 Å². The zero-order valence-electron chi connectivity index (χ0n) is 29.3. The maximum absolute atomic E-state index is 13.0. The number of aryl methyl sites for hydroxylation is 1. The summed E-state index contributed by atoms with van der Waals surface area (Å²) in [6.45, 7) is 11.8. The molecule has 9 heteroatoms. The van der Waals surface area contributed by atoms with Crippen LogP contribution in [-0.4, -0.2) is 57.0 Å². The van der Waals surface area contributed by atoms with Gasteiger partial charge < -0.3 is 14.3 Å². The Morgan fingerprint density at radius 1 is 0.857 bits per heavy atom. The van der Waals surface area contributed by atoms with Crippen molar-refractivity contribution in [2.24, 2.45) is 5.41 Å². The van der Waals surface area contributed by atoms with Gasteiger partial charge in [0.1, 0.15) is 5.75 Å². The Hall–Kier alpha value is -3.76. The number of carboxylic acid groups (broad SMARTS) is 1. The van der Waals surface area contributed by atoms with E-state index in [1.165, 1.54) is 34.1 Å². The summed E-state index contributed by atoms with van der Waals surface area (Å²) in [5.41, 5.74) is 4.41. The molecule has 1 fully saturated rings. The van der Waals surface area contributed by atoms with Gasteiger partial charge in [-0.1, -0.05) is 112 Å². The number of carbonyl (C=O) groups is 1. The number of aliphatic carboxylic acids is 1. The van der Waals surface area contributed by atoms with E-state index in [1.807, 2.05) is 24.3 Å². The van der Waals surface area contributed by atoms with Crippen molar-refractivity contribution in [2.45, 2.75) is 77.8 Å². The molecule has 0 spiro atoms. The number of piperidine rings is 1. The maximum atomic E-state index is 13.0. The number of hydrogen-bond donors (Lipinski definition) is 1. The van der Waals surface area contributed by atoms with Gasteiger partial charge in [-0.25, -0.2) is 12.7 Å². The van der Waals surface area contributed by atoms with Crippen molar-refractivity contribution < 1.29 is 27.5 Å². The first kappa shape index (κ1) is 36.5. The fraction of sp³-hybridized carbons (Fsp3) is 0.375. The zero-order valence-corrected chi connectivity index (χ0v) is 31.2. The van der Waals surface area contributed by atoms with Gasteiger partial charge in [0.05, 0.1) is 0 Å². The second kappa shape index (κ2) is 15.0. The van der Waals surface area contributed by atoms with Gasteiger partial charge in [0.15, 0.2) is 11.0 Å². The van der Waals surface area contributed by atoms with Gasteiger partial charge in [-0.2, -0.15) is 0 Å². The molecule has 1 aliphatic heterocycles. The molecule has 259 valence electrons. The van der Waals surface area contributed by atoms with Crippen LogP contribution in [0.3, 0.4) is 0 Å². The molecule has 0 aliphatic carbocycles. The molecule has 0 aromatic heterocycles. The van der Waals surface area contributed by atoms with Gasteiger partial charge in [-0.3, -0.25) is 4.79 Å². The van der Waals surface area contributed by atoms with Crippen LogP contribution in [0.5, 0.6) is 5.75 Å². The Morgan fingerprint density at radius 3 is 1.98 bits per heavy atom. The quantitative estimate of drug-likeness (QED) is 0.127. The Kier molecular flexibility index (Phi) is 11.2. The van der Waals surface area contributed by atoms with Crippen molar-refractivity contribution in [3.05, 3.63) is 114 Å². The predicted molar refractivity (Wildman–Crippen MR) is 198 cm³/mol. The minimum atomic E-state index is -3.96. The number of sulfonamides is 1. The van der Waals surface area contributed by atoms with E-state index in [2.05, 4.69) is 107 Å². The van der Waals surface area contributed by atoms with E-state index in [4.69, 9.17) is 9.16 Å². The van der Waals surface area contributed by atoms with Gasteiger partial charge in [-0.15, -0.1) is 0 Å². The summed E-state index contributed by atoms with van der Waals surface area (Å²) in [6.07, 6.45) is 1.54. The molecule has 0 saturated carbocycles. The van der Waals surface area contributed by atoms with Gasteiger partial charge in [0.25, 0.3) is 9.04 Å². The number of nitrogens with zero attached hydrogens (tertiary/aromatic N) is 1. The first-order valence-electron chi connectivity index (χ1n) is 16.9. The average molecular weight is 699 g/mol. The van der Waals surface area contributed by atoms with Crippen LogP contribution < -0.4 is 15.1 Å². The number of ether oxygens (including phenoxy) is 1. The van der Waals surface area contributed by atoms with Gasteiger partial charge in [-0.05, 0) is 89.7 Å². The lowest BCUT2D eigenvalue weighted by Gasteiger charge is -2.35. The average Bonchev–Trinajstić information content (AvgIpc) is 3.07. The Bertz CT molecular complexity index is 1790. The summed E-state index contributed by atoms with van der Waals surface area (Å²) in [6, 6.07) is 35.4. The molecule has 4 aromatic carbocycles. The molecule has 0 amide bonds. The van der Waals surface area contributed by atoms with Crippen molar-refractivity contribution in [2.75, 3.05) is 13.1 Å². The molecule has 7 nitrogen and oxygen atoms in total. The fourth-order valence-corrected chi connectivity index (χ4v) is 9.78. The molecule has 49 heavy (non-hydrogen) atoms. The number of carboxylic acids is 1. The first-order chi connectivity index (χ1) is 23.2. The van der Waals surface area contributed by atoms with Crippen molar-refractivity contribution in [1.82, 2.24) is 4.31 Å². The van der Waals surface area contributed by atoms with Gasteiger partial charge in [0.2, 0.25) is 10.0 Å². The van der Waals surface area contributed by atoms with Crippen LogP contribution in [0.15, 0.2) is 103 Å². The molecule has 5 rings (SSSR count). The van der Waals surface area contributed by atoms with E-state index in [1.54, 1.807) is 0 Å². The molecule has 1 saturated heterocycles. The Morgan fingerprint density at radius 2 is 1.45 bits per heavy atom. The van der Waals surface area contributed by atoms with E-state index >= 15 is 0 Å². The first-order valence-corrected chi connectivity index (χ1v) is 19.8. The number of hydrogen-bond acceptors (Lipinski definition) is 5. The van der Waals surface area contributed by atoms with E-state index in [0.29, 0.717) is 32.4 Å². The molecule has 1 heterocycles. The molecule has 0 bridgehead atoms. The van der Waals surface area contributed by atoms with Gasteiger partial charge in [0, 0.05) is 19.5 Å².